The van der Waals surface area contributed by atoms with E-state index < -0.39 is 11.5 Å². The number of carbonyl (C=O) groups excluding carboxylic acids is 3. The van der Waals surface area contributed by atoms with E-state index in [2.05, 4.69) is 18.5 Å². The first-order chi connectivity index (χ1) is 18.9. The number of hydrogen-bond acceptors (Lipinski definition) is 5. The minimum Gasteiger partial charge on any atom is -0.463 e. The van der Waals surface area contributed by atoms with Crippen LogP contribution in [0.1, 0.15) is 76.2 Å². The molecule has 0 bridgehead atoms. The highest BCUT2D eigenvalue weighted by Crippen LogP contribution is 2.32. The number of benzene rings is 1. The summed E-state index contributed by atoms with van der Waals surface area (Å²) in [6, 6.07) is 9.80. The molecule has 0 aromatic heterocycles. The summed E-state index contributed by atoms with van der Waals surface area (Å²) in [5.41, 5.74) is 0.481. The Morgan fingerprint density at radius 3 is 2.51 bits per heavy atom. The molecule has 1 aromatic rings. The molecule has 3 atom stereocenters. The summed E-state index contributed by atoms with van der Waals surface area (Å²) in [5.74, 6) is -1.35. The number of nitrogens with one attached hydrogen (secondary N) is 1. The van der Waals surface area contributed by atoms with Gasteiger partial charge >= 0.3 is 5.97 Å². The highest BCUT2D eigenvalue weighted by molar-refractivity contribution is 5.86. The number of rotatable bonds is 16. The molecule has 3 unspecified atom stereocenters. The zero-order valence-corrected chi connectivity index (χ0v) is 23.3. The van der Waals surface area contributed by atoms with E-state index in [1.165, 1.54) is 0 Å². The molecule has 7 heteroatoms. The van der Waals surface area contributed by atoms with Gasteiger partial charge in [0.2, 0.25) is 11.8 Å². The van der Waals surface area contributed by atoms with Gasteiger partial charge in [-0.2, -0.15) is 0 Å². The van der Waals surface area contributed by atoms with Crippen LogP contribution in [0, 0.1) is 11.8 Å². The molecule has 0 radical (unpaired) electrons. The lowest BCUT2D eigenvalue weighted by atomic mass is 9.93. The quantitative estimate of drug-likeness (QED) is 0.180. The molecule has 1 aliphatic heterocycles. The van der Waals surface area contributed by atoms with Crippen LogP contribution in [0.25, 0.3) is 0 Å². The van der Waals surface area contributed by atoms with E-state index in [1.807, 2.05) is 36.4 Å². The largest absolute Gasteiger partial charge is 0.463 e. The lowest BCUT2D eigenvalue weighted by Crippen LogP contribution is -2.53. The normalized spacial score (nSPS) is 19.7. The van der Waals surface area contributed by atoms with Crippen LogP contribution in [0.3, 0.4) is 0 Å². The van der Waals surface area contributed by atoms with Crippen molar-refractivity contribution in [3.05, 3.63) is 61.2 Å². The van der Waals surface area contributed by atoms with Crippen LogP contribution >= 0.6 is 0 Å². The zero-order chi connectivity index (χ0) is 28.1. The van der Waals surface area contributed by atoms with E-state index in [4.69, 9.17) is 4.74 Å². The SMILES string of the molecule is C=CCCCC(Cc1ccccc1)C(=O)OCC1(NC(=O)C(CC=C)CC(=O)N2CCCC2CO)CCCC1. The maximum absolute atomic E-state index is 13.5. The Hall–Kier alpha value is -2.93. The van der Waals surface area contributed by atoms with E-state index in [-0.39, 0.29) is 49.4 Å². The monoisotopic (exact) mass is 538 g/mol. The Bertz CT molecular complexity index is 957. The van der Waals surface area contributed by atoms with Crippen molar-refractivity contribution in [2.75, 3.05) is 19.8 Å². The number of unbranched alkanes of at least 4 members (excludes halogenated alkanes) is 1. The van der Waals surface area contributed by atoms with Gasteiger partial charge in [-0.1, -0.05) is 55.3 Å². The number of hydrogen-bond donors (Lipinski definition) is 2. The zero-order valence-electron chi connectivity index (χ0n) is 23.3. The van der Waals surface area contributed by atoms with Gasteiger partial charge in [-0.25, -0.2) is 0 Å². The second-order valence-corrected chi connectivity index (χ2v) is 11.2. The predicted molar refractivity (Wildman–Crippen MR) is 153 cm³/mol. The van der Waals surface area contributed by atoms with Gasteiger partial charge in [0.1, 0.15) is 6.61 Å². The fourth-order valence-electron chi connectivity index (χ4n) is 5.92. The number of esters is 1. The number of likely N-dealkylation sites (tertiary alicyclic amines) is 1. The average molecular weight is 539 g/mol. The highest BCUT2D eigenvalue weighted by Gasteiger charge is 2.39. The Kier molecular flexibility index (Phi) is 12.2. The van der Waals surface area contributed by atoms with E-state index in [1.54, 1.807) is 11.0 Å². The van der Waals surface area contributed by atoms with Crippen molar-refractivity contribution in [3.63, 3.8) is 0 Å². The third-order valence-electron chi connectivity index (χ3n) is 8.21. The van der Waals surface area contributed by atoms with Crippen molar-refractivity contribution in [1.82, 2.24) is 10.2 Å². The molecule has 1 aliphatic carbocycles. The number of carbonyl (C=O) groups is 3. The van der Waals surface area contributed by atoms with E-state index in [0.29, 0.717) is 25.8 Å². The van der Waals surface area contributed by atoms with Crippen LogP contribution in [0.15, 0.2) is 55.6 Å². The topological polar surface area (TPSA) is 95.9 Å². The van der Waals surface area contributed by atoms with Gasteiger partial charge in [-0.3, -0.25) is 14.4 Å². The lowest BCUT2D eigenvalue weighted by molar-refractivity contribution is -0.152. The Morgan fingerprint density at radius 1 is 1.10 bits per heavy atom. The van der Waals surface area contributed by atoms with Crippen molar-refractivity contribution in [3.8, 4) is 0 Å². The summed E-state index contributed by atoms with van der Waals surface area (Å²) >= 11 is 0. The molecular weight excluding hydrogens is 492 g/mol. The molecule has 7 nitrogen and oxygen atoms in total. The number of nitrogens with zero attached hydrogens (tertiary/aromatic N) is 1. The molecule has 0 spiro atoms. The van der Waals surface area contributed by atoms with E-state index in [0.717, 1.165) is 56.9 Å². The third-order valence-corrected chi connectivity index (χ3v) is 8.21. The first kappa shape index (κ1) is 30.6. The standard InChI is InChI=1S/C32H46N2O5/c1-3-5-7-16-27(21-25-14-8-6-9-15-25)31(38)39-24-32(18-10-11-19-32)33-30(37)26(13-4-2)22-29(36)34-20-12-17-28(34)23-35/h3-4,6,8-9,14-15,26-28,35H,1-2,5,7,10-13,16-24H2,(H,33,37). The number of amides is 2. The minimum absolute atomic E-state index is 0.0581. The molecule has 214 valence electrons. The maximum Gasteiger partial charge on any atom is 0.309 e. The van der Waals surface area contributed by atoms with Crippen molar-refractivity contribution in [2.24, 2.45) is 11.8 Å². The average Bonchev–Trinajstić information content (AvgIpc) is 3.61. The fraction of sp³-hybridized carbons (Fsp3) is 0.594. The molecule has 1 saturated heterocycles. The lowest BCUT2D eigenvalue weighted by Gasteiger charge is -2.32. The van der Waals surface area contributed by atoms with Gasteiger partial charge in [-0.15, -0.1) is 13.2 Å². The molecular formula is C32H46N2O5. The van der Waals surface area contributed by atoms with Crippen LogP contribution in [-0.2, 0) is 25.5 Å². The summed E-state index contributed by atoms with van der Waals surface area (Å²) in [5, 5.41) is 12.8. The number of aliphatic hydroxyl groups is 1. The molecule has 1 saturated carbocycles. The first-order valence-corrected chi connectivity index (χ1v) is 14.6. The molecule has 39 heavy (non-hydrogen) atoms. The van der Waals surface area contributed by atoms with Gasteiger partial charge in [0.25, 0.3) is 0 Å². The van der Waals surface area contributed by atoms with Crippen LogP contribution in [-0.4, -0.2) is 59.1 Å². The number of ether oxygens (including phenoxy) is 1. The van der Waals surface area contributed by atoms with Gasteiger partial charge in [0.05, 0.1) is 30.0 Å². The second-order valence-electron chi connectivity index (χ2n) is 11.2. The van der Waals surface area contributed by atoms with Crippen LogP contribution in [0.2, 0.25) is 0 Å². The summed E-state index contributed by atoms with van der Waals surface area (Å²) in [6.45, 7) is 8.27. The molecule has 3 rings (SSSR count). The summed E-state index contributed by atoms with van der Waals surface area (Å²) in [6.07, 6.45) is 12.1. The molecule has 1 aromatic carbocycles. The molecule has 2 amide bonds. The molecule has 2 fully saturated rings. The molecule has 2 N–H and O–H groups in total. The molecule has 2 aliphatic rings. The van der Waals surface area contributed by atoms with E-state index >= 15 is 0 Å². The van der Waals surface area contributed by atoms with Gasteiger partial charge in [0.15, 0.2) is 0 Å². The van der Waals surface area contributed by atoms with Gasteiger partial charge in [0, 0.05) is 13.0 Å². The number of aliphatic hydroxyl groups excluding tert-OH is 1. The van der Waals surface area contributed by atoms with E-state index in [9.17, 15) is 19.5 Å². The van der Waals surface area contributed by atoms with Gasteiger partial charge in [-0.05, 0) is 63.4 Å². The minimum atomic E-state index is -0.616. The summed E-state index contributed by atoms with van der Waals surface area (Å²) < 4.78 is 5.92. The van der Waals surface area contributed by atoms with Crippen molar-refractivity contribution in [2.45, 2.75) is 88.6 Å². The van der Waals surface area contributed by atoms with Crippen LogP contribution in [0.4, 0.5) is 0 Å². The maximum atomic E-state index is 13.5. The first-order valence-electron chi connectivity index (χ1n) is 14.6. The van der Waals surface area contributed by atoms with Gasteiger partial charge < -0.3 is 20.1 Å². The van der Waals surface area contributed by atoms with Crippen LogP contribution in [0.5, 0.6) is 0 Å². The Balaban J connectivity index is 1.63. The highest BCUT2D eigenvalue weighted by atomic mass is 16.5. The summed E-state index contributed by atoms with van der Waals surface area (Å²) in [4.78, 5) is 41.4. The predicted octanol–water partition coefficient (Wildman–Crippen LogP) is 4.74. The second kappa shape index (κ2) is 15.6. The molecule has 1 heterocycles. The summed E-state index contributed by atoms with van der Waals surface area (Å²) in [7, 11) is 0. The Morgan fingerprint density at radius 2 is 1.85 bits per heavy atom. The number of allylic oxidation sites excluding steroid dienone is 2. The van der Waals surface area contributed by atoms with Crippen molar-refractivity contribution in [1.29, 1.82) is 0 Å². The van der Waals surface area contributed by atoms with Crippen LogP contribution < -0.4 is 5.32 Å². The Labute approximate surface area is 233 Å². The smallest absolute Gasteiger partial charge is 0.309 e. The van der Waals surface area contributed by atoms with Crippen molar-refractivity contribution < 1.29 is 24.2 Å². The fourth-order valence-corrected chi connectivity index (χ4v) is 5.92. The third kappa shape index (κ3) is 9.06. The van der Waals surface area contributed by atoms with Crippen molar-refractivity contribution >= 4 is 17.8 Å².